The van der Waals surface area contributed by atoms with Crippen LogP contribution < -0.4 is 5.32 Å². The molecule has 1 heterocycles. The van der Waals surface area contributed by atoms with E-state index in [2.05, 4.69) is 17.2 Å². The molecule has 0 unspecified atom stereocenters. The van der Waals surface area contributed by atoms with Gasteiger partial charge in [0.1, 0.15) is 6.61 Å². The zero-order chi connectivity index (χ0) is 13.5. The average molecular weight is 255 g/mol. The molecule has 0 fully saturated rings. The number of carbonyl (C=O) groups excluding carboxylic acids is 1. The predicted molar refractivity (Wildman–Crippen MR) is 70.3 cm³/mol. The average Bonchev–Trinajstić information content (AvgIpc) is 2.97. The molecule has 96 valence electrons. The molecule has 1 aromatic carbocycles. The van der Waals surface area contributed by atoms with Crippen molar-refractivity contribution in [1.29, 1.82) is 0 Å². The van der Waals surface area contributed by atoms with Crippen LogP contribution in [0.15, 0.2) is 47.1 Å². The largest absolute Gasteiger partial charge is 0.459 e. The summed E-state index contributed by atoms with van der Waals surface area (Å²) in [5.41, 5.74) is 1.74. The number of benzene rings is 1. The fourth-order valence-corrected chi connectivity index (χ4v) is 1.58. The van der Waals surface area contributed by atoms with Crippen LogP contribution in [0, 0.1) is 11.8 Å². The van der Waals surface area contributed by atoms with Gasteiger partial charge in [-0.3, -0.25) is 4.79 Å². The highest BCUT2D eigenvalue weighted by molar-refractivity contribution is 5.91. The Morgan fingerprint density at radius 3 is 2.95 bits per heavy atom. The van der Waals surface area contributed by atoms with E-state index in [0.29, 0.717) is 6.54 Å². The third-order valence-corrected chi connectivity index (χ3v) is 2.44. The van der Waals surface area contributed by atoms with Gasteiger partial charge in [0.25, 0.3) is 5.91 Å². The lowest BCUT2D eigenvalue weighted by Crippen LogP contribution is -2.22. The monoisotopic (exact) mass is 255 g/mol. The van der Waals surface area contributed by atoms with E-state index in [4.69, 9.17) is 9.52 Å². The van der Waals surface area contributed by atoms with Crippen LogP contribution >= 0.6 is 0 Å². The van der Waals surface area contributed by atoms with Gasteiger partial charge in [-0.1, -0.05) is 24.0 Å². The van der Waals surface area contributed by atoms with Crippen molar-refractivity contribution in [2.24, 2.45) is 0 Å². The molecule has 1 amide bonds. The molecular formula is C15H13NO3. The normalized spacial score (nSPS) is 9.53. The van der Waals surface area contributed by atoms with Crippen molar-refractivity contribution in [3.05, 3.63) is 59.5 Å². The fourth-order valence-electron chi connectivity index (χ4n) is 1.58. The van der Waals surface area contributed by atoms with Gasteiger partial charge in [-0.2, -0.15) is 0 Å². The van der Waals surface area contributed by atoms with Crippen molar-refractivity contribution in [2.75, 3.05) is 6.61 Å². The molecule has 19 heavy (non-hydrogen) atoms. The Hall–Kier alpha value is -2.51. The van der Waals surface area contributed by atoms with Gasteiger partial charge >= 0.3 is 0 Å². The molecule has 0 aliphatic heterocycles. The van der Waals surface area contributed by atoms with E-state index in [9.17, 15) is 4.79 Å². The molecule has 0 spiro atoms. The first kappa shape index (κ1) is 12.9. The van der Waals surface area contributed by atoms with Crippen LogP contribution in [0.4, 0.5) is 0 Å². The fraction of sp³-hybridized carbons (Fsp3) is 0.133. The maximum atomic E-state index is 11.7. The lowest BCUT2D eigenvalue weighted by Gasteiger charge is -2.03. The third-order valence-electron chi connectivity index (χ3n) is 2.44. The van der Waals surface area contributed by atoms with Crippen LogP contribution in [-0.2, 0) is 6.54 Å². The van der Waals surface area contributed by atoms with Crippen molar-refractivity contribution < 1.29 is 14.3 Å². The molecule has 2 aromatic rings. The summed E-state index contributed by atoms with van der Waals surface area (Å²) in [5.74, 6) is 5.44. The summed E-state index contributed by atoms with van der Waals surface area (Å²) in [6, 6.07) is 10.7. The third kappa shape index (κ3) is 3.73. The first-order valence-electron chi connectivity index (χ1n) is 5.80. The minimum atomic E-state index is -0.253. The van der Waals surface area contributed by atoms with Gasteiger partial charge in [0.2, 0.25) is 0 Å². The molecule has 0 aliphatic rings. The lowest BCUT2D eigenvalue weighted by molar-refractivity contribution is 0.0923. The molecule has 0 radical (unpaired) electrons. The summed E-state index contributed by atoms with van der Waals surface area (Å²) in [6.45, 7) is 0.230. The van der Waals surface area contributed by atoms with Crippen LogP contribution in [0.25, 0.3) is 0 Å². The van der Waals surface area contributed by atoms with E-state index < -0.39 is 0 Å². The SMILES string of the molecule is O=C(NCc1cccc(C#CCO)c1)c1ccco1. The van der Waals surface area contributed by atoms with Gasteiger partial charge in [-0.25, -0.2) is 0 Å². The predicted octanol–water partition coefficient (Wildman–Crippen LogP) is 1.55. The minimum Gasteiger partial charge on any atom is -0.459 e. The Kier molecular flexibility index (Phi) is 4.38. The second-order valence-corrected chi connectivity index (χ2v) is 3.82. The van der Waals surface area contributed by atoms with Gasteiger partial charge in [0, 0.05) is 12.1 Å². The number of aliphatic hydroxyl groups excluding tert-OH is 1. The van der Waals surface area contributed by atoms with Gasteiger partial charge in [-0.15, -0.1) is 0 Å². The van der Waals surface area contributed by atoms with Crippen molar-refractivity contribution >= 4 is 5.91 Å². The second kappa shape index (κ2) is 6.43. The van der Waals surface area contributed by atoms with Crippen molar-refractivity contribution in [1.82, 2.24) is 5.32 Å². The summed E-state index contributed by atoms with van der Waals surface area (Å²) in [7, 11) is 0. The zero-order valence-corrected chi connectivity index (χ0v) is 10.2. The highest BCUT2D eigenvalue weighted by Crippen LogP contribution is 2.05. The Balaban J connectivity index is 1.98. The van der Waals surface area contributed by atoms with Crippen molar-refractivity contribution in [3.8, 4) is 11.8 Å². The van der Waals surface area contributed by atoms with Gasteiger partial charge in [0.15, 0.2) is 5.76 Å². The van der Waals surface area contributed by atoms with Crippen molar-refractivity contribution in [2.45, 2.75) is 6.54 Å². The Bertz CT molecular complexity index is 606. The molecule has 2 N–H and O–H groups in total. The standard InChI is InChI=1S/C15H13NO3/c17-8-2-6-12-4-1-5-13(10-12)11-16-15(18)14-7-3-9-19-14/h1,3-5,7,9-10,17H,8,11H2,(H,16,18). The Morgan fingerprint density at radius 2 is 2.21 bits per heavy atom. The van der Waals surface area contributed by atoms with Crippen LogP contribution in [0.2, 0.25) is 0 Å². The Labute approximate surface area is 111 Å². The minimum absolute atomic E-state index is 0.167. The molecule has 4 nitrogen and oxygen atoms in total. The zero-order valence-electron chi connectivity index (χ0n) is 10.2. The van der Waals surface area contributed by atoms with E-state index in [1.807, 2.05) is 24.3 Å². The number of hydrogen-bond donors (Lipinski definition) is 2. The molecule has 1 aromatic heterocycles. The number of rotatable bonds is 3. The molecule has 0 saturated carbocycles. The van der Waals surface area contributed by atoms with Crippen LogP contribution in [0.1, 0.15) is 21.7 Å². The van der Waals surface area contributed by atoms with Crippen LogP contribution in [-0.4, -0.2) is 17.6 Å². The molecule has 4 heteroatoms. The lowest BCUT2D eigenvalue weighted by atomic mass is 10.1. The first-order chi connectivity index (χ1) is 9.29. The number of amides is 1. The maximum Gasteiger partial charge on any atom is 0.287 e. The van der Waals surface area contributed by atoms with E-state index in [1.165, 1.54) is 6.26 Å². The summed E-state index contributed by atoms with van der Waals surface area (Å²) < 4.78 is 5.00. The first-order valence-corrected chi connectivity index (χ1v) is 5.80. The highest BCUT2D eigenvalue weighted by atomic mass is 16.3. The van der Waals surface area contributed by atoms with Crippen molar-refractivity contribution in [3.63, 3.8) is 0 Å². The second-order valence-electron chi connectivity index (χ2n) is 3.82. The summed E-state index contributed by atoms with van der Waals surface area (Å²) in [5, 5.41) is 11.4. The molecule has 0 bridgehead atoms. The smallest absolute Gasteiger partial charge is 0.287 e. The maximum absolute atomic E-state index is 11.7. The molecule has 0 aliphatic carbocycles. The number of furan rings is 1. The highest BCUT2D eigenvalue weighted by Gasteiger charge is 2.07. The number of nitrogens with one attached hydrogen (secondary N) is 1. The van der Waals surface area contributed by atoms with E-state index in [0.717, 1.165) is 11.1 Å². The number of carbonyl (C=O) groups is 1. The number of hydrogen-bond acceptors (Lipinski definition) is 3. The van der Waals surface area contributed by atoms with Crippen LogP contribution in [0.5, 0.6) is 0 Å². The molecule has 0 saturated heterocycles. The van der Waals surface area contributed by atoms with E-state index >= 15 is 0 Å². The molecule has 0 atom stereocenters. The van der Waals surface area contributed by atoms with Crippen LogP contribution in [0.3, 0.4) is 0 Å². The summed E-state index contributed by atoms with van der Waals surface area (Å²) in [4.78, 5) is 11.7. The molecule has 2 rings (SSSR count). The van der Waals surface area contributed by atoms with Gasteiger partial charge < -0.3 is 14.8 Å². The topological polar surface area (TPSA) is 62.5 Å². The van der Waals surface area contributed by atoms with E-state index in [1.54, 1.807) is 12.1 Å². The Morgan fingerprint density at radius 1 is 1.32 bits per heavy atom. The quantitative estimate of drug-likeness (QED) is 0.818. The van der Waals surface area contributed by atoms with Gasteiger partial charge in [0.05, 0.1) is 6.26 Å². The number of aliphatic hydroxyl groups is 1. The molecular weight excluding hydrogens is 242 g/mol. The summed E-state index contributed by atoms with van der Waals surface area (Å²) >= 11 is 0. The van der Waals surface area contributed by atoms with Gasteiger partial charge in [-0.05, 0) is 29.8 Å². The van der Waals surface area contributed by atoms with E-state index in [-0.39, 0.29) is 18.3 Å². The summed E-state index contributed by atoms with van der Waals surface area (Å²) in [6.07, 6.45) is 1.46.